The zero-order chi connectivity index (χ0) is 8.15. The molecule has 0 aromatic heterocycles. The van der Waals surface area contributed by atoms with Crippen molar-refractivity contribution in [2.75, 3.05) is 20.1 Å². The SMILES string of the molecule is CCN(C)C[C@H](N)C(C)C. The molecular formula is C8H20N2. The van der Waals surface area contributed by atoms with E-state index in [2.05, 4.69) is 32.7 Å². The van der Waals surface area contributed by atoms with Crippen LogP contribution in [0.1, 0.15) is 20.8 Å². The fourth-order valence-electron chi connectivity index (χ4n) is 0.700. The Balaban J connectivity index is 3.46. The van der Waals surface area contributed by atoms with E-state index >= 15 is 0 Å². The van der Waals surface area contributed by atoms with Crippen molar-refractivity contribution in [3.05, 3.63) is 0 Å². The van der Waals surface area contributed by atoms with Gasteiger partial charge in [-0.05, 0) is 19.5 Å². The van der Waals surface area contributed by atoms with Crippen LogP contribution in [-0.4, -0.2) is 31.1 Å². The maximum atomic E-state index is 5.85. The van der Waals surface area contributed by atoms with Crippen LogP contribution in [0.4, 0.5) is 0 Å². The fraction of sp³-hybridized carbons (Fsp3) is 1.00. The number of hydrogen-bond donors (Lipinski definition) is 1. The molecule has 0 radical (unpaired) electrons. The second-order valence-electron chi connectivity index (χ2n) is 3.26. The van der Waals surface area contributed by atoms with Crippen LogP contribution in [0.15, 0.2) is 0 Å². The van der Waals surface area contributed by atoms with Gasteiger partial charge in [-0.3, -0.25) is 0 Å². The first-order chi connectivity index (χ1) is 4.57. The van der Waals surface area contributed by atoms with Crippen molar-refractivity contribution in [3.8, 4) is 0 Å². The Kier molecular flexibility index (Phi) is 4.65. The van der Waals surface area contributed by atoms with Crippen LogP contribution in [0, 0.1) is 5.92 Å². The summed E-state index contributed by atoms with van der Waals surface area (Å²) in [5, 5.41) is 0. The zero-order valence-corrected chi connectivity index (χ0v) is 7.59. The third-order valence-electron chi connectivity index (χ3n) is 1.92. The van der Waals surface area contributed by atoms with Crippen LogP contribution in [0.2, 0.25) is 0 Å². The third-order valence-corrected chi connectivity index (χ3v) is 1.92. The van der Waals surface area contributed by atoms with E-state index < -0.39 is 0 Å². The Morgan fingerprint density at radius 2 is 1.90 bits per heavy atom. The predicted octanol–water partition coefficient (Wildman–Crippen LogP) is 0.921. The molecule has 0 aliphatic rings. The molecule has 0 amide bonds. The van der Waals surface area contributed by atoms with Crippen molar-refractivity contribution in [2.45, 2.75) is 26.8 Å². The minimum Gasteiger partial charge on any atom is -0.326 e. The van der Waals surface area contributed by atoms with Crippen molar-refractivity contribution in [3.63, 3.8) is 0 Å². The molecule has 0 fully saturated rings. The quantitative estimate of drug-likeness (QED) is 0.636. The van der Waals surface area contributed by atoms with E-state index in [-0.39, 0.29) is 0 Å². The lowest BCUT2D eigenvalue weighted by molar-refractivity contribution is 0.295. The standard InChI is InChI=1S/C8H20N2/c1-5-10(4)6-8(9)7(2)3/h7-8H,5-6,9H2,1-4H3/t8-/m0/s1. The van der Waals surface area contributed by atoms with Gasteiger partial charge in [-0.25, -0.2) is 0 Å². The molecule has 0 aliphatic carbocycles. The molecule has 0 aromatic carbocycles. The summed E-state index contributed by atoms with van der Waals surface area (Å²) in [6, 6.07) is 0.324. The molecule has 0 saturated carbocycles. The molecular weight excluding hydrogens is 124 g/mol. The summed E-state index contributed by atoms with van der Waals surface area (Å²) in [6.07, 6.45) is 0. The van der Waals surface area contributed by atoms with Gasteiger partial charge in [0.15, 0.2) is 0 Å². The van der Waals surface area contributed by atoms with Crippen molar-refractivity contribution < 1.29 is 0 Å². The smallest absolute Gasteiger partial charge is 0.0191 e. The summed E-state index contributed by atoms with van der Waals surface area (Å²) in [4.78, 5) is 2.24. The molecule has 1 atom stereocenters. The topological polar surface area (TPSA) is 29.3 Å². The van der Waals surface area contributed by atoms with Crippen LogP contribution >= 0.6 is 0 Å². The number of rotatable bonds is 4. The zero-order valence-electron chi connectivity index (χ0n) is 7.59. The molecule has 0 aliphatic heterocycles. The van der Waals surface area contributed by atoms with Crippen LogP contribution in [0.3, 0.4) is 0 Å². The number of hydrogen-bond acceptors (Lipinski definition) is 2. The van der Waals surface area contributed by atoms with E-state index in [1.165, 1.54) is 0 Å². The van der Waals surface area contributed by atoms with E-state index in [1.54, 1.807) is 0 Å². The lowest BCUT2D eigenvalue weighted by atomic mass is 10.1. The van der Waals surface area contributed by atoms with Gasteiger partial charge in [-0.15, -0.1) is 0 Å². The molecule has 0 spiro atoms. The highest BCUT2D eigenvalue weighted by atomic mass is 15.1. The van der Waals surface area contributed by atoms with Gasteiger partial charge in [-0.1, -0.05) is 20.8 Å². The summed E-state index contributed by atoms with van der Waals surface area (Å²) in [5.74, 6) is 0.592. The number of likely N-dealkylation sites (N-methyl/N-ethyl adjacent to an activating group) is 1. The molecule has 0 aromatic rings. The van der Waals surface area contributed by atoms with Gasteiger partial charge < -0.3 is 10.6 Å². The van der Waals surface area contributed by atoms with E-state index in [1.807, 2.05) is 0 Å². The predicted molar refractivity (Wildman–Crippen MR) is 46.0 cm³/mol. The fourth-order valence-corrected chi connectivity index (χ4v) is 0.700. The molecule has 0 heterocycles. The van der Waals surface area contributed by atoms with Gasteiger partial charge in [0.2, 0.25) is 0 Å². The van der Waals surface area contributed by atoms with E-state index in [9.17, 15) is 0 Å². The van der Waals surface area contributed by atoms with E-state index in [0.29, 0.717) is 12.0 Å². The summed E-state index contributed by atoms with van der Waals surface area (Å²) >= 11 is 0. The monoisotopic (exact) mass is 144 g/mol. The van der Waals surface area contributed by atoms with Gasteiger partial charge in [0.1, 0.15) is 0 Å². The highest BCUT2D eigenvalue weighted by Gasteiger charge is 2.08. The minimum absolute atomic E-state index is 0.324. The summed E-state index contributed by atoms with van der Waals surface area (Å²) < 4.78 is 0. The summed E-state index contributed by atoms with van der Waals surface area (Å²) in [6.45, 7) is 8.56. The van der Waals surface area contributed by atoms with Crippen LogP contribution < -0.4 is 5.73 Å². The first-order valence-corrected chi connectivity index (χ1v) is 4.02. The largest absolute Gasteiger partial charge is 0.326 e. The van der Waals surface area contributed by atoms with E-state index in [0.717, 1.165) is 13.1 Å². The average molecular weight is 144 g/mol. The van der Waals surface area contributed by atoms with Crippen molar-refractivity contribution in [1.29, 1.82) is 0 Å². The Bertz CT molecular complexity index is 81.3. The number of nitrogens with zero attached hydrogens (tertiary/aromatic N) is 1. The molecule has 62 valence electrons. The minimum atomic E-state index is 0.324. The second kappa shape index (κ2) is 4.69. The first kappa shape index (κ1) is 9.92. The van der Waals surface area contributed by atoms with Crippen LogP contribution in [0.5, 0.6) is 0 Å². The first-order valence-electron chi connectivity index (χ1n) is 4.02. The van der Waals surface area contributed by atoms with Crippen LogP contribution in [0.25, 0.3) is 0 Å². The van der Waals surface area contributed by atoms with Crippen molar-refractivity contribution in [1.82, 2.24) is 4.90 Å². The van der Waals surface area contributed by atoms with Crippen molar-refractivity contribution >= 4 is 0 Å². The molecule has 0 unspecified atom stereocenters. The highest BCUT2D eigenvalue weighted by Crippen LogP contribution is 1.99. The Hall–Kier alpha value is -0.0800. The molecule has 0 rings (SSSR count). The van der Waals surface area contributed by atoms with Gasteiger partial charge in [0.25, 0.3) is 0 Å². The maximum absolute atomic E-state index is 5.85. The molecule has 2 heteroatoms. The van der Waals surface area contributed by atoms with Gasteiger partial charge in [0.05, 0.1) is 0 Å². The second-order valence-corrected chi connectivity index (χ2v) is 3.26. The lowest BCUT2D eigenvalue weighted by Crippen LogP contribution is -2.38. The number of nitrogens with two attached hydrogens (primary N) is 1. The highest BCUT2D eigenvalue weighted by molar-refractivity contribution is 4.68. The van der Waals surface area contributed by atoms with Crippen LogP contribution in [-0.2, 0) is 0 Å². The molecule has 2 nitrogen and oxygen atoms in total. The Labute approximate surface area is 64.4 Å². The molecule has 0 saturated heterocycles. The Morgan fingerprint density at radius 1 is 1.40 bits per heavy atom. The van der Waals surface area contributed by atoms with Gasteiger partial charge in [0, 0.05) is 12.6 Å². The summed E-state index contributed by atoms with van der Waals surface area (Å²) in [7, 11) is 2.10. The molecule has 0 bridgehead atoms. The van der Waals surface area contributed by atoms with Gasteiger partial charge in [-0.2, -0.15) is 0 Å². The third kappa shape index (κ3) is 3.85. The maximum Gasteiger partial charge on any atom is 0.0191 e. The lowest BCUT2D eigenvalue weighted by Gasteiger charge is -2.21. The summed E-state index contributed by atoms with van der Waals surface area (Å²) in [5.41, 5.74) is 5.85. The van der Waals surface area contributed by atoms with Crippen molar-refractivity contribution in [2.24, 2.45) is 11.7 Å². The normalized spacial score (nSPS) is 14.7. The van der Waals surface area contributed by atoms with E-state index in [4.69, 9.17) is 5.73 Å². The molecule has 2 N–H and O–H groups in total. The Morgan fingerprint density at radius 3 is 2.20 bits per heavy atom. The van der Waals surface area contributed by atoms with Gasteiger partial charge >= 0.3 is 0 Å². The molecule has 10 heavy (non-hydrogen) atoms. The average Bonchev–Trinajstić information content (AvgIpc) is 1.87.